The summed E-state index contributed by atoms with van der Waals surface area (Å²) in [5.41, 5.74) is 5.66. The van der Waals surface area contributed by atoms with Crippen LogP contribution in [0.2, 0.25) is 5.02 Å². The average Bonchev–Trinajstić information content (AvgIpc) is 2.22. The van der Waals surface area contributed by atoms with Crippen molar-refractivity contribution >= 4 is 23.5 Å². The number of imide groups is 1. The summed E-state index contributed by atoms with van der Waals surface area (Å²) >= 11 is 5.85. The van der Waals surface area contributed by atoms with Gasteiger partial charge in [0, 0.05) is 5.02 Å². The molecule has 1 atom stereocenters. The Hall–Kier alpha value is -1.75. The van der Waals surface area contributed by atoms with Gasteiger partial charge in [0.1, 0.15) is 5.75 Å². The van der Waals surface area contributed by atoms with Crippen molar-refractivity contribution in [1.82, 2.24) is 5.32 Å². The molecular weight excluding hydrogens is 244 g/mol. The number of carbonyl (C=O) groups excluding carboxylic acids is 2. The lowest BCUT2D eigenvalue weighted by atomic mass is 10.2. The Morgan fingerprint density at radius 1 is 1.47 bits per heavy atom. The molecule has 0 spiro atoms. The van der Waals surface area contributed by atoms with E-state index in [4.69, 9.17) is 22.1 Å². The van der Waals surface area contributed by atoms with Crippen LogP contribution in [-0.4, -0.2) is 18.0 Å². The van der Waals surface area contributed by atoms with Crippen molar-refractivity contribution in [3.8, 4) is 5.75 Å². The van der Waals surface area contributed by atoms with Crippen molar-refractivity contribution in [2.75, 3.05) is 0 Å². The first kappa shape index (κ1) is 13.3. The molecule has 3 amide bonds. The maximum atomic E-state index is 11.3. The maximum Gasteiger partial charge on any atom is 0.318 e. The Kier molecular flexibility index (Phi) is 4.34. The Labute approximate surface area is 104 Å². The van der Waals surface area contributed by atoms with Gasteiger partial charge in [-0.15, -0.1) is 0 Å². The van der Waals surface area contributed by atoms with E-state index in [-0.39, 0.29) is 0 Å². The second-order valence-corrected chi connectivity index (χ2v) is 3.93. The molecule has 0 radical (unpaired) electrons. The number of carbonyl (C=O) groups is 2. The van der Waals surface area contributed by atoms with E-state index < -0.39 is 18.0 Å². The molecule has 0 heterocycles. The molecule has 17 heavy (non-hydrogen) atoms. The Balaban J connectivity index is 2.67. The van der Waals surface area contributed by atoms with Gasteiger partial charge in [0.05, 0.1) is 0 Å². The summed E-state index contributed by atoms with van der Waals surface area (Å²) in [6.45, 7) is 3.34. The largest absolute Gasteiger partial charge is 0.481 e. The summed E-state index contributed by atoms with van der Waals surface area (Å²) in [6.07, 6.45) is -0.817. The van der Waals surface area contributed by atoms with Gasteiger partial charge in [0.2, 0.25) is 0 Å². The fourth-order valence-electron chi connectivity index (χ4n) is 1.17. The van der Waals surface area contributed by atoms with Crippen LogP contribution in [-0.2, 0) is 4.79 Å². The predicted molar refractivity (Wildman–Crippen MR) is 64.0 cm³/mol. The molecule has 1 rings (SSSR count). The van der Waals surface area contributed by atoms with Gasteiger partial charge in [-0.1, -0.05) is 11.6 Å². The number of nitrogens with two attached hydrogens (primary N) is 1. The van der Waals surface area contributed by atoms with Crippen LogP contribution in [0.4, 0.5) is 4.79 Å². The van der Waals surface area contributed by atoms with Crippen LogP contribution in [0.3, 0.4) is 0 Å². The zero-order chi connectivity index (χ0) is 13.0. The highest BCUT2D eigenvalue weighted by molar-refractivity contribution is 6.31. The van der Waals surface area contributed by atoms with Crippen molar-refractivity contribution in [3.05, 3.63) is 28.8 Å². The van der Waals surface area contributed by atoms with Crippen LogP contribution in [0.5, 0.6) is 5.75 Å². The number of ether oxygens (including phenoxy) is 1. The van der Waals surface area contributed by atoms with Gasteiger partial charge < -0.3 is 10.5 Å². The molecule has 0 saturated carbocycles. The van der Waals surface area contributed by atoms with Crippen molar-refractivity contribution in [1.29, 1.82) is 0 Å². The Morgan fingerprint density at radius 2 is 2.12 bits per heavy atom. The normalized spacial score (nSPS) is 11.7. The lowest BCUT2D eigenvalue weighted by Gasteiger charge is -2.14. The van der Waals surface area contributed by atoms with Gasteiger partial charge in [-0.3, -0.25) is 10.1 Å². The molecule has 6 heteroatoms. The SMILES string of the molecule is Cc1cc(OC(C)C(=O)NC(N)=O)ccc1Cl. The topological polar surface area (TPSA) is 81.4 Å². The van der Waals surface area contributed by atoms with E-state index in [0.29, 0.717) is 10.8 Å². The summed E-state index contributed by atoms with van der Waals surface area (Å²) in [4.78, 5) is 21.8. The molecular formula is C11H13ClN2O3. The first-order valence-corrected chi connectivity index (χ1v) is 5.31. The summed E-state index contributed by atoms with van der Waals surface area (Å²) < 4.78 is 5.33. The van der Waals surface area contributed by atoms with E-state index in [1.54, 1.807) is 18.2 Å². The number of amides is 3. The van der Waals surface area contributed by atoms with Crippen LogP contribution in [0.25, 0.3) is 0 Å². The minimum absolute atomic E-state index is 0.499. The van der Waals surface area contributed by atoms with Crippen molar-refractivity contribution in [2.24, 2.45) is 5.73 Å². The molecule has 0 saturated heterocycles. The van der Waals surface area contributed by atoms with Gasteiger partial charge in [0.15, 0.2) is 6.10 Å². The lowest BCUT2D eigenvalue weighted by molar-refractivity contribution is -0.126. The second kappa shape index (κ2) is 5.54. The molecule has 0 fully saturated rings. The van der Waals surface area contributed by atoms with Crippen LogP contribution in [0.1, 0.15) is 12.5 Å². The summed E-state index contributed by atoms with van der Waals surface area (Å²) in [5, 5.41) is 2.55. The molecule has 3 N–H and O–H groups in total. The van der Waals surface area contributed by atoms with E-state index in [0.717, 1.165) is 5.56 Å². The Morgan fingerprint density at radius 3 is 2.65 bits per heavy atom. The predicted octanol–water partition coefficient (Wildman–Crippen LogP) is 1.61. The zero-order valence-electron chi connectivity index (χ0n) is 9.49. The Bertz CT molecular complexity index is 448. The molecule has 1 aromatic carbocycles. The average molecular weight is 257 g/mol. The highest BCUT2D eigenvalue weighted by Gasteiger charge is 2.16. The molecule has 5 nitrogen and oxygen atoms in total. The fourth-order valence-corrected chi connectivity index (χ4v) is 1.29. The third kappa shape index (κ3) is 3.96. The number of aryl methyl sites for hydroxylation is 1. The van der Waals surface area contributed by atoms with E-state index in [2.05, 4.69) is 0 Å². The number of primary amides is 1. The van der Waals surface area contributed by atoms with Crippen LogP contribution in [0, 0.1) is 6.92 Å². The molecule has 0 aliphatic rings. The van der Waals surface area contributed by atoms with Gasteiger partial charge >= 0.3 is 6.03 Å². The van der Waals surface area contributed by atoms with Gasteiger partial charge in [-0.2, -0.15) is 0 Å². The van der Waals surface area contributed by atoms with Gasteiger partial charge in [0.25, 0.3) is 5.91 Å². The third-order valence-electron chi connectivity index (χ3n) is 2.06. The highest BCUT2D eigenvalue weighted by atomic mass is 35.5. The summed E-state index contributed by atoms with van der Waals surface area (Å²) in [5.74, 6) is -0.0934. The second-order valence-electron chi connectivity index (χ2n) is 3.52. The van der Waals surface area contributed by atoms with Crippen molar-refractivity contribution in [2.45, 2.75) is 20.0 Å². The summed E-state index contributed by atoms with van der Waals surface area (Å²) in [6, 6.07) is 4.11. The number of halogens is 1. The van der Waals surface area contributed by atoms with Crippen molar-refractivity contribution < 1.29 is 14.3 Å². The van der Waals surface area contributed by atoms with Crippen molar-refractivity contribution in [3.63, 3.8) is 0 Å². The summed E-state index contributed by atoms with van der Waals surface area (Å²) in [7, 11) is 0. The van der Waals surface area contributed by atoms with Crippen LogP contribution < -0.4 is 15.8 Å². The fraction of sp³-hybridized carbons (Fsp3) is 0.273. The first-order valence-electron chi connectivity index (χ1n) is 4.93. The molecule has 0 bridgehead atoms. The molecule has 0 aromatic heterocycles. The molecule has 1 unspecified atom stereocenters. The number of benzene rings is 1. The zero-order valence-corrected chi connectivity index (χ0v) is 10.2. The third-order valence-corrected chi connectivity index (χ3v) is 2.48. The number of nitrogens with one attached hydrogen (secondary N) is 1. The molecule has 92 valence electrons. The van der Waals surface area contributed by atoms with Gasteiger partial charge in [-0.05, 0) is 37.6 Å². The quantitative estimate of drug-likeness (QED) is 0.862. The van der Waals surface area contributed by atoms with E-state index in [1.165, 1.54) is 6.92 Å². The molecule has 0 aliphatic carbocycles. The smallest absolute Gasteiger partial charge is 0.318 e. The molecule has 1 aromatic rings. The highest BCUT2D eigenvalue weighted by Crippen LogP contribution is 2.21. The van der Waals surface area contributed by atoms with E-state index in [9.17, 15) is 9.59 Å². The minimum Gasteiger partial charge on any atom is -0.481 e. The first-order chi connectivity index (χ1) is 7.90. The lowest BCUT2D eigenvalue weighted by Crippen LogP contribution is -2.42. The van der Waals surface area contributed by atoms with Crippen LogP contribution >= 0.6 is 11.6 Å². The number of hydrogen-bond donors (Lipinski definition) is 2. The minimum atomic E-state index is -0.905. The van der Waals surface area contributed by atoms with E-state index in [1.807, 2.05) is 12.2 Å². The monoisotopic (exact) mass is 256 g/mol. The van der Waals surface area contributed by atoms with Gasteiger partial charge in [-0.25, -0.2) is 4.79 Å². The number of hydrogen-bond acceptors (Lipinski definition) is 3. The molecule has 0 aliphatic heterocycles. The van der Waals surface area contributed by atoms with E-state index >= 15 is 0 Å². The maximum absolute atomic E-state index is 11.3. The number of urea groups is 1. The standard InChI is InChI=1S/C11H13ClN2O3/c1-6-5-8(3-4-9(6)12)17-7(2)10(15)14-11(13)16/h3-5,7H,1-2H3,(H3,13,14,15,16). The van der Waals surface area contributed by atoms with Crippen LogP contribution in [0.15, 0.2) is 18.2 Å². The number of rotatable bonds is 3.